The van der Waals surface area contributed by atoms with Crippen LogP contribution < -0.4 is 5.32 Å². The molecule has 0 spiro atoms. The lowest BCUT2D eigenvalue weighted by Gasteiger charge is -2.30. The van der Waals surface area contributed by atoms with Crippen molar-refractivity contribution in [3.8, 4) is 0 Å². The highest BCUT2D eigenvalue weighted by molar-refractivity contribution is 5.89. The summed E-state index contributed by atoms with van der Waals surface area (Å²) in [6.45, 7) is 10.7. The average molecular weight is 286 g/mol. The van der Waals surface area contributed by atoms with Gasteiger partial charge >= 0.3 is 5.97 Å². The van der Waals surface area contributed by atoms with Crippen molar-refractivity contribution in [1.82, 2.24) is 10.2 Å². The summed E-state index contributed by atoms with van der Waals surface area (Å²) in [5.41, 5.74) is -0.571. The van der Waals surface area contributed by atoms with E-state index in [2.05, 4.69) is 5.32 Å². The van der Waals surface area contributed by atoms with Crippen molar-refractivity contribution in [3.05, 3.63) is 0 Å². The third-order valence-corrected chi connectivity index (χ3v) is 2.87. The lowest BCUT2D eigenvalue weighted by atomic mass is 9.95. The molecule has 0 radical (unpaired) electrons. The van der Waals surface area contributed by atoms with Crippen molar-refractivity contribution in [2.45, 2.75) is 60.0 Å². The molecule has 116 valence electrons. The highest BCUT2D eigenvalue weighted by Gasteiger charge is 2.28. The fourth-order valence-electron chi connectivity index (χ4n) is 1.56. The highest BCUT2D eigenvalue weighted by Crippen LogP contribution is 2.13. The molecule has 1 unspecified atom stereocenters. The summed E-state index contributed by atoms with van der Waals surface area (Å²) in [6.07, 6.45) is -0.107. The number of nitrogens with one attached hydrogen (secondary N) is 1. The number of carbonyl (C=O) groups is 3. The Bertz CT molecular complexity index is 372. The van der Waals surface area contributed by atoms with E-state index >= 15 is 0 Å². The predicted molar refractivity (Wildman–Crippen MR) is 76.2 cm³/mol. The molecule has 2 N–H and O–H groups in total. The molecule has 0 aliphatic carbocycles. The van der Waals surface area contributed by atoms with E-state index in [1.165, 1.54) is 4.90 Å². The average Bonchev–Trinajstić information content (AvgIpc) is 2.26. The molecule has 1 atom stereocenters. The van der Waals surface area contributed by atoms with Crippen LogP contribution in [0, 0.1) is 5.41 Å². The fourth-order valence-corrected chi connectivity index (χ4v) is 1.56. The lowest BCUT2D eigenvalue weighted by Crippen LogP contribution is -2.51. The number of carboxylic acid groups (broad SMARTS) is 1. The van der Waals surface area contributed by atoms with Crippen LogP contribution in [0.15, 0.2) is 0 Å². The zero-order valence-electron chi connectivity index (χ0n) is 13.2. The van der Waals surface area contributed by atoms with Crippen LogP contribution in [0.5, 0.6) is 0 Å². The number of carbonyl (C=O) groups excluding carboxylic acids is 2. The van der Waals surface area contributed by atoms with Crippen LogP contribution in [-0.4, -0.2) is 46.4 Å². The Morgan fingerprint density at radius 3 is 2.00 bits per heavy atom. The summed E-state index contributed by atoms with van der Waals surface area (Å²) >= 11 is 0. The Morgan fingerprint density at radius 1 is 1.15 bits per heavy atom. The molecule has 0 saturated heterocycles. The van der Waals surface area contributed by atoms with E-state index in [1.807, 2.05) is 13.8 Å². The Morgan fingerprint density at radius 2 is 1.65 bits per heavy atom. The Labute approximate surface area is 120 Å². The maximum absolute atomic E-state index is 12.3. The van der Waals surface area contributed by atoms with Gasteiger partial charge in [0, 0.05) is 18.0 Å². The van der Waals surface area contributed by atoms with Gasteiger partial charge in [-0.25, -0.2) is 0 Å². The van der Waals surface area contributed by atoms with Crippen LogP contribution in [0.3, 0.4) is 0 Å². The molecule has 0 fully saturated rings. The van der Waals surface area contributed by atoms with E-state index in [0.717, 1.165) is 0 Å². The van der Waals surface area contributed by atoms with Crippen LogP contribution >= 0.6 is 0 Å². The zero-order valence-corrected chi connectivity index (χ0v) is 13.2. The van der Waals surface area contributed by atoms with Gasteiger partial charge in [0.1, 0.15) is 6.04 Å². The van der Waals surface area contributed by atoms with Gasteiger partial charge in [-0.2, -0.15) is 0 Å². The van der Waals surface area contributed by atoms with Crippen molar-refractivity contribution in [2.75, 3.05) is 6.54 Å². The normalized spacial score (nSPS) is 12.9. The highest BCUT2D eigenvalue weighted by atomic mass is 16.4. The van der Waals surface area contributed by atoms with Crippen molar-refractivity contribution in [2.24, 2.45) is 5.41 Å². The molecule has 2 amide bonds. The van der Waals surface area contributed by atoms with E-state index in [4.69, 9.17) is 5.11 Å². The van der Waals surface area contributed by atoms with E-state index in [1.54, 1.807) is 27.7 Å². The van der Waals surface area contributed by atoms with Crippen LogP contribution in [0.1, 0.15) is 48.0 Å². The third kappa shape index (κ3) is 6.04. The van der Waals surface area contributed by atoms with Crippen molar-refractivity contribution < 1.29 is 19.5 Å². The second-order valence-electron chi connectivity index (χ2n) is 6.21. The molecular formula is C14H26N2O4. The van der Waals surface area contributed by atoms with E-state index in [-0.39, 0.29) is 30.8 Å². The first-order chi connectivity index (χ1) is 8.96. The zero-order chi connectivity index (χ0) is 16.1. The SMILES string of the molecule is CC(NC(=O)C(C)(C)C)C(=O)N(CCC(=O)O)C(C)C. The van der Waals surface area contributed by atoms with E-state index < -0.39 is 17.4 Å². The molecule has 0 aromatic carbocycles. The molecule has 0 aliphatic heterocycles. The maximum Gasteiger partial charge on any atom is 0.305 e. The molecular weight excluding hydrogens is 260 g/mol. The first-order valence-corrected chi connectivity index (χ1v) is 6.80. The maximum atomic E-state index is 12.3. The molecule has 6 heteroatoms. The number of nitrogens with zero attached hydrogens (tertiary/aromatic N) is 1. The van der Waals surface area contributed by atoms with Crippen LogP contribution in [0.25, 0.3) is 0 Å². The largest absolute Gasteiger partial charge is 0.481 e. The fraction of sp³-hybridized carbons (Fsp3) is 0.786. The Balaban J connectivity index is 4.73. The molecule has 0 bridgehead atoms. The monoisotopic (exact) mass is 286 g/mol. The molecule has 0 aromatic rings. The molecule has 20 heavy (non-hydrogen) atoms. The number of hydrogen-bond acceptors (Lipinski definition) is 3. The number of aliphatic carboxylic acids is 1. The van der Waals surface area contributed by atoms with E-state index in [0.29, 0.717) is 0 Å². The minimum absolute atomic E-state index is 0.107. The summed E-state index contributed by atoms with van der Waals surface area (Å²) < 4.78 is 0. The lowest BCUT2D eigenvalue weighted by molar-refractivity contribution is -0.142. The summed E-state index contributed by atoms with van der Waals surface area (Å²) in [7, 11) is 0. The number of hydrogen-bond donors (Lipinski definition) is 2. The summed E-state index contributed by atoms with van der Waals surface area (Å²) in [5.74, 6) is -1.42. The molecule has 0 saturated carbocycles. The minimum atomic E-state index is -0.949. The first-order valence-electron chi connectivity index (χ1n) is 6.80. The Hall–Kier alpha value is -1.59. The molecule has 0 heterocycles. The van der Waals surface area contributed by atoms with Gasteiger partial charge in [-0.3, -0.25) is 14.4 Å². The van der Waals surface area contributed by atoms with Crippen LogP contribution in [-0.2, 0) is 14.4 Å². The standard InChI is InChI=1S/C14H26N2O4/c1-9(2)16(8-7-11(17)18)12(19)10(3)15-13(20)14(4,5)6/h9-10H,7-8H2,1-6H3,(H,15,20)(H,17,18). The molecule has 0 aliphatic rings. The van der Waals surface area contributed by atoms with Gasteiger partial charge in [0.25, 0.3) is 0 Å². The second-order valence-corrected chi connectivity index (χ2v) is 6.21. The number of amides is 2. The van der Waals surface area contributed by atoms with Crippen molar-refractivity contribution >= 4 is 17.8 Å². The summed E-state index contributed by atoms with van der Waals surface area (Å²) in [4.78, 5) is 36.2. The smallest absolute Gasteiger partial charge is 0.305 e. The van der Waals surface area contributed by atoms with Gasteiger partial charge in [-0.1, -0.05) is 20.8 Å². The van der Waals surface area contributed by atoms with Gasteiger partial charge in [0.05, 0.1) is 6.42 Å². The first kappa shape index (κ1) is 18.4. The summed E-state index contributed by atoms with van der Waals surface area (Å²) in [6, 6.07) is -0.784. The van der Waals surface area contributed by atoms with Crippen LogP contribution in [0.4, 0.5) is 0 Å². The quantitative estimate of drug-likeness (QED) is 0.769. The van der Waals surface area contributed by atoms with Gasteiger partial charge in [0.2, 0.25) is 11.8 Å². The second kappa shape index (κ2) is 7.26. The minimum Gasteiger partial charge on any atom is -0.481 e. The number of carboxylic acids is 1. The molecule has 6 nitrogen and oxygen atoms in total. The topological polar surface area (TPSA) is 86.7 Å². The van der Waals surface area contributed by atoms with Gasteiger partial charge in [-0.15, -0.1) is 0 Å². The molecule has 0 rings (SSSR count). The third-order valence-electron chi connectivity index (χ3n) is 2.87. The Kier molecular flexibility index (Phi) is 6.68. The number of rotatable bonds is 6. The van der Waals surface area contributed by atoms with Crippen molar-refractivity contribution in [1.29, 1.82) is 0 Å². The molecule has 0 aromatic heterocycles. The van der Waals surface area contributed by atoms with Gasteiger partial charge in [-0.05, 0) is 20.8 Å². The van der Waals surface area contributed by atoms with Crippen LogP contribution in [0.2, 0.25) is 0 Å². The predicted octanol–water partition coefficient (Wildman–Crippen LogP) is 1.25. The van der Waals surface area contributed by atoms with E-state index in [9.17, 15) is 14.4 Å². The van der Waals surface area contributed by atoms with Crippen molar-refractivity contribution in [3.63, 3.8) is 0 Å². The van der Waals surface area contributed by atoms with Gasteiger partial charge in [0.15, 0.2) is 0 Å². The summed E-state index contributed by atoms with van der Waals surface area (Å²) in [5, 5.41) is 11.4. The van der Waals surface area contributed by atoms with Gasteiger partial charge < -0.3 is 15.3 Å².